The van der Waals surface area contributed by atoms with Crippen LogP contribution in [-0.2, 0) is 4.74 Å². The molecule has 1 saturated heterocycles. The molecular formula is C16H25N3O2. The molecule has 0 saturated carbocycles. The topological polar surface area (TPSA) is 54.5 Å². The number of urea groups is 1. The maximum atomic E-state index is 12.4. The van der Waals surface area contributed by atoms with Crippen LogP contribution < -0.4 is 5.32 Å². The average molecular weight is 291 g/mol. The predicted octanol–water partition coefficient (Wildman–Crippen LogP) is 2.74. The third-order valence-electron chi connectivity index (χ3n) is 3.96. The van der Waals surface area contributed by atoms with E-state index in [0.29, 0.717) is 13.1 Å². The molecule has 2 amide bonds. The zero-order valence-electron chi connectivity index (χ0n) is 12.9. The van der Waals surface area contributed by atoms with Gasteiger partial charge < -0.3 is 15.0 Å². The van der Waals surface area contributed by atoms with Crippen molar-refractivity contribution in [3.8, 4) is 0 Å². The molecule has 1 aromatic heterocycles. The van der Waals surface area contributed by atoms with Crippen molar-refractivity contribution < 1.29 is 9.53 Å². The first-order valence-corrected chi connectivity index (χ1v) is 7.82. The zero-order chi connectivity index (χ0) is 15.1. The predicted molar refractivity (Wildman–Crippen MR) is 82.0 cm³/mol. The zero-order valence-corrected chi connectivity index (χ0v) is 12.9. The maximum absolute atomic E-state index is 12.4. The number of rotatable bonds is 6. The Balaban J connectivity index is 1.97. The Kier molecular flexibility index (Phi) is 5.99. The third kappa shape index (κ3) is 4.17. The van der Waals surface area contributed by atoms with E-state index in [9.17, 15) is 4.79 Å². The van der Waals surface area contributed by atoms with Gasteiger partial charge in [0.05, 0.1) is 12.1 Å². The van der Waals surface area contributed by atoms with Crippen molar-refractivity contribution in [3.63, 3.8) is 0 Å². The van der Waals surface area contributed by atoms with Gasteiger partial charge in [-0.3, -0.25) is 4.98 Å². The highest BCUT2D eigenvalue weighted by Gasteiger charge is 2.23. The smallest absolute Gasteiger partial charge is 0.317 e. The summed E-state index contributed by atoms with van der Waals surface area (Å²) in [5, 5.41) is 3.01. The second-order valence-corrected chi connectivity index (χ2v) is 5.31. The maximum Gasteiger partial charge on any atom is 0.317 e. The number of hydrogen-bond acceptors (Lipinski definition) is 3. The summed E-state index contributed by atoms with van der Waals surface area (Å²) in [5.74, 6) is 0. The highest BCUT2D eigenvalue weighted by molar-refractivity contribution is 5.74. The van der Waals surface area contributed by atoms with Gasteiger partial charge in [-0.05, 0) is 43.9 Å². The molecule has 0 radical (unpaired) electrons. The second-order valence-electron chi connectivity index (χ2n) is 5.31. The van der Waals surface area contributed by atoms with Crippen molar-refractivity contribution in [2.45, 2.75) is 45.3 Å². The molecular weight excluding hydrogens is 266 g/mol. The molecule has 1 fully saturated rings. The van der Waals surface area contributed by atoms with E-state index in [-0.39, 0.29) is 18.2 Å². The summed E-state index contributed by atoms with van der Waals surface area (Å²) in [5.41, 5.74) is 1.13. The normalized spacial score (nSPS) is 19.2. The highest BCUT2D eigenvalue weighted by atomic mass is 16.5. The molecule has 116 valence electrons. The van der Waals surface area contributed by atoms with E-state index >= 15 is 0 Å². The number of nitrogens with one attached hydrogen (secondary N) is 1. The molecule has 0 aliphatic carbocycles. The van der Waals surface area contributed by atoms with Gasteiger partial charge in [-0.15, -0.1) is 0 Å². The number of carbonyl (C=O) groups excluding carboxylic acids is 1. The standard InChI is InChI=1S/C16H25N3O2/c1-3-15(13-7-9-17-10-8-13)19(4-2)16(20)18-12-14-6-5-11-21-14/h7-10,14-15H,3-6,11-12H2,1-2H3,(H,18,20). The Morgan fingerprint density at radius 3 is 2.81 bits per heavy atom. The lowest BCUT2D eigenvalue weighted by Gasteiger charge is -2.31. The van der Waals surface area contributed by atoms with Crippen molar-refractivity contribution in [3.05, 3.63) is 30.1 Å². The Morgan fingerprint density at radius 1 is 1.48 bits per heavy atom. The summed E-state index contributed by atoms with van der Waals surface area (Å²) >= 11 is 0. The number of nitrogens with zero attached hydrogens (tertiary/aromatic N) is 2. The fourth-order valence-electron chi connectivity index (χ4n) is 2.84. The van der Waals surface area contributed by atoms with Gasteiger partial charge in [-0.25, -0.2) is 4.79 Å². The molecule has 0 bridgehead atoms. The summed E-state index contributed by atoms with van der Waals surface area (Å²) in [6.45, 7) is 6.20. The fraction of sp³-hybridized carbons (Fsp3) is 0.625. The molecule has 2 atom stereocenters. The lowest BCUT2D eigenvalue weighted by molar-refractivity contribution is 0.107. The van der Waals surface area contributed by atoms with E-state index < -0.39 is 0 Å². The molecule has 2 rings (SSSR count). The van der Waals surface area contributed by atoms with Crippen LogP contribution in [0.4, 0.5) is 4.79 Å². The van der Waals surface area contributed by atoms with Crippen molar-refractivity contribution in [1.82, 2.24) is 15.2 Å². The summed E-state index contributed by atoms with van der Waals surface area (Å²) in [6, 6.07) is 4.02. The number of amides is 2. The summed E-state index contributed by atoms with van der Waals surface area (Å²) in [4.78, 5) is 18.4. The summed E-state index contributed by atoms with van der Waals surface area (Å²) in [7, 11) is 0. The Labute approximate surface area is 126 Å². The SMILES string of the molecule is CCC(c1ccncc1)N(CC)C(=O)NCC1CCCO1. The molecule has 1 N–H and O–H groups in total. The lowest BCUT2D eigenvalue weighted by Crippen LogP contribution is -2.44. The van der Waals surface area contributed by atoms with Crippen LogP contribution in [0.3, 0.4) is 0 Å². The highest BCUT2D eigenvalue weighted by Crippen LogP contribution is 2.23. The minimum absolute atomic E-state index is 0.0170. The van der Waals surface area contributed by atoms with Crippen LogP contribution in [0.1, 0.15) is 44.7 Å². The van der Waals surface area contributed by atoms with E-state index in [2.05, 4.69) is 17.2 Å². The van der Waals surface area contributed by atoms with Crippen LogP contribution in [0.2, 0.25) is 0 Å². The molecule has 2 heterocycles. The van der Waals surface area contributed by atoms with Crippen LogP contribution in [-0.4, -0.2) is 41.7 Å². The van der Waals surface area contributed by atoms with Crippen molar-refractivity contribution in [2.75, 3.05) is 19.7 Å². The lowest BCUT2D eigenvalue weighted by atomic mass is 10.0. The van der Waals surface area contributed by atoms with Crippen LogP contribution in [0.5, 0.6) is 0 Å². The molecule has 5 nitrogen and oxygen atoms in total. The summed E-state index contributed by atoms with van der Waals surface area (Å²) < 4.78 is 5.55. The Morgan fingerprint density at radius 2 is 2.24 bits per heavy atom. The van der Waals surface area contributed by atoms with Gasteiger partial charge in [-0.1, -0.05) is 6.92 Å². The molecule has 1 aromatic rings. The van der Waals surface area contributed by atoms with Crippen molar-refractivity contribution >= 4 is 6.03 Å². The first-order valence-electron chi connectivity index (χ1n) is 7.82. The van der Waals surface area contributed by atoms with Crippen LogP contribution in [0.25, 0.3) is 0 Å². The molecule has 2 unspecified atom stereocenters. The molecule has 5 heteroatoms. The monoisotopic (exact) mass is 291 g/mol. The first-order chi connectivity index (χ1) is 10.3. The van der Waals surface area contributed by atoms with Gasteiger partial charge in [0.1, 0.15) is 0 Å². The third-order valence-corrected chi connectivity index (χ3v) is 3.96. The molecule has 1 aliphatic rings. The van der Waals surface area contributed by atoms with Gasteiger partial charge in [0.2, 0.25) is 0 Å². The minimum atomic E-state index is -0.0170. The number of ether oxygens (including phenoxy) is 1. The van der Waals surface area contributed by atoms with Crippen molar-refractivity contribution in [1.29, 1.82) is 0 Å². The summed E-state index contributed by atoms with van der Waals surface area (Å²) in [6.07, 6.45) is 6.73. The number of carbonyl (C=O) groups is 1. The van der Waals surface area contributed by atoms with Gasteiger partial charge in [0, 0.05) is 32.1 Å². The van der Waals surface area contributed by atoms with E-state index in [0.717, 1.165) is 31.4 Å². The van der Waals surface area contributed by atoms with Gasteiger partial charge in [0.25, 0.3) is 0 Å². The minimum Gasteiger partial charge on any atom is -0.376 e. The van der Waals surface area contributed by atoms with Crippen LogP contribution >= 0.6 is 0 Å². The van der Waals surface area contributed by atoms with Gasteiger partial charge >= 0.3 is 6.03 Å². The van der Waals surface area contributed by atoms with E-state index in [1.54, 1.807) is 12.4 Å². The number of hydrogen-bond donors (Lipinski definition) is 1. The molecule has 0 aromatic carbocycles. The average Bonchev–Trinajstić information content (AvgIpc) is 3.04. The first kappa shape index (κ1) is 15.8. The van der Waals surface area contributed by atoms with Gasteiger partial charge in [-0.2, -0.15) is 0 Å². The van der Waals surface area contributed by atoms with Crippen LogP contribution in [0.15, 0.2) is 24.5 Å². The molecule has 21 heavy (non-hydrogen) atoms. The quantitative estimate of drug-likeness (QED) is 0.877. The molecule has 1 aliphatic heterocycles. The number of aromatic nitrogens is 1. The number of pyridine rings is 1. The van der Waals surface area contributed by atoms with E-state index in [4.69, 9.17) is 4.74 Å². The largest absolute Gasteiger partial charge is 0.376 e. The fourth-order valence-corrected chi connectivity index (χ4v) is 2.84. The van der Waals surface area contributed by atoms with Crippen molar-refractivity contribution in [2.24, 2.45) is 0 Å². The Bertz CT molecular complexity index is 432. The van der Waals surface area contributed by atoms with Gasteiger partial charge in [0.15, 0.2) is 0 Å². The molecule has 0 spiro atoms. The van der Waals surface area contributed by atoms with E-state index in [1.807, 2.05) is 24.0 Å². The van der Waals surface area contributed by atoms with Crippen LogP contribution in [0, 0.1) is 0 Å². The Hall–Kier alpha value is -1.62. The van der Waals surface area contributed by atoms with E-state index in [1.165, 1.54) is 0 Å². The second kappa shape index (κ2) is 7.98.